The van der Waals surface area contributed by atoms with Crippen LogP contribution >= 0.6 is 11.6 Å². The maximum absolute atomic E-state index is 13.1. The van der Waals surface area contributed by atoms with E-state index >= 15 is 0 Å². The van der Waals surface area contributed by atoms with E-state index in [1.165, 1.54) is 37.8 Å². The van der Waals surface area contributed by atoms with Crippen LogP contribution in [0.5, 0.6) is 0 Å². The molecule has 0 saturated heterocycles. The maximum atomic E-state index is 13.1. The molecule has 0 bridgehead atoms. The molecule has 0 heterocycles. The minimum absolute atomic E-state index is 0.301. The smallest absolute Gasteiger partial charge is 0.124 e. The van der Waals surface area contributed by atoms with Gasteiger partial charge in [0.15, 0.2) is 0 Å². The first-order valence-corrected chi connectivity index (χ1v) is 7.57. The van der Waals surface area contributed by atoms with E-state index in [0.29, 0.717) is 10.4 Å². The molecule has 2 N–H and O–H groups in total. The minimum Gasteiger partial charge on any atom is -0.321 e. The summed E-state index contributed by atoms with van der Waals surface area (Å²) in [6, 6.07) is 4.57. The van der Waals surface area contributed by atoms with Crippen molar-refractivity contribution in [2.75, 3.05) is 0 Å². The van der Waals surface area contributed by atoms with Gasteiger partial charge in [-0.25, -0.2) is 4.39 Å². The number of rotatable bonds is 5. The van der Waals surface area contributed by atoms with Gasteiger partial charge in [-0.2, -0.15) is 0 Å². The van der Waals surface area contributed by atoms with Gasteiger partial charge >= 0.3 is 0 Å². The lowest BCUT2D eigenvalue weighted by atomic mass is 9.52. The molecule has 1 aliphatic carbocycles. The molecule has 0 radical (unpaired) electrons. The summed E-state index contributed by atoms with van der Waals surface area (Å²) in [6.07, 6.45) is 6.75. The number of halogens is 2. The first kappa shape index (κ1) is 14.8. The van der Waals surface area contributed by atoms with Gasteiger partial charge in [-0.05, 0) is 48.8 Å². The van der Waals surface area contributed by atoms with Crippen molar-refractivity contribution in [3.8, 4) is 0 Å². The molecule has 19 heavy (non-hydrogen) atoms. The van der Waals surface area contributed by atoms with Crippen LogP contribution in [0.3, 0.4) is 0 Å². The van der Waals surface area contributed by atoms with E-state index in [1.807, 2.05) is 0 Å². The molecule has 3 heteroatoms. The Hall–Kier alpha value is -0.600. The normalized spacial score (nSPS) is 20.1. The molecule has 0 aromatic heterocycles. The van der Waals surface area contributed by atoms with Gasteiger partial charge in [0, 0.05) is 10.6 Å². The predicted molar refractivity (Wildman–Crippen MR) is 78.8 cm³/mol. The fourth-order valence-electron chi connectivity index (χ4n) is 3.91. The van der Waals surface area contributed by atoms with E-state index in [-0.39, 0.29) is 11.4 Å². The van der Waals surface area contributed by atoms with Crippen LogP contribution in [-0.4, -0.2) is 0 Å². The van der Waals surface area contributed by atoms with Crippen molar-refractivity contribution in [1.29, 1.82) is 0 Å². The Kier molecular flexibility index (Phi) is 4.22. The van der Waals surface area contributed by atoms with E-state index in [0.717, 1.165) is 18.4 Å². The number of nitrogens with two attached hydrogens (primary N) is 1. The van der Waals surface area contributed by atoms with Crippen LogP contribution in [0.15, 0.2) is 18.2 Å². The highest BCUT2D eigenvalue weighted by Gasteiger charge is 2.52. The lowest BCUT2D eigenvalue weighted by Gasteiger charge is -2.55. The second kappa shape index (κ2) is 5.41. The second-order valence-corrected chi connectivity index (χ2v) is 6.54. The van der Waals surface area contributed by atoms with E-state index in [2.05, 4.69) is 13.8 Å². The molecule has 1 aromatic carbocycles. The van der Waals surface area contributed by atoms with Crippen LogP contribution in [-0.2, 0) is 5.54 Å². The predicted octanol–water partition coefficient (Wildman–Crippen LogP) is 5.01. The summed E-state index contributed by atoms with van der Waals surface area (Å²) in [7, 11) is 0. The van der Waals surface area contributed by atoms with Crippen molar-refractivity contribution in [3.63, 3.8) is 0 Å². The fourth-order valence-corrected chi connectivity index (χ4v) is 4.26. The van der Waals surface area contributed by atoms with Gasteiger partial charge in [0.1, 0.15) is 5.82 Å². The highest BCUT2D eigenvalue weighted by Crippen LogP contribution is 2.58. The van der Waals surface area contributed by atoms with Crippen LogP contribution in [0.25, 0.3) is 0 Å². The van der Waals surface area contributed by atoms with Crippen molar-refractivity contribution >= 4 is 11.6 Å². The molecule has 1 nitrogen and oxygen atoms in total. The van der Waals surface area contributed by atoms with Crippen molar-refractivity contribution < 1.29 is 4.39 Å². The van der Waals surface area contributed by atoms with Gasteiger partial charge < -0.3 is 5.73 Å². The lowest BCUT2D eigenvalue weighted by molar-refractivity contribution is 0.00626. The second-order valence-electron chi connectivity index (χ2n) is 6.13. The van der Waals surface area contributed by atoms with Crippen LogP contribution in [0, 0.1) is 11.2 Å². The van der Waals surface area contributed by atoms with E-state index in [1.54, 1.807) is 6.07 Å². The Morgan fingerprint density at radius 1 is 1.21 bits per heavy atom. The molecule has 0 atom stereocenters. The molecule has 1 aromatic rings. The highest BCUT2D eigenvalue weighted by atomic mass is 35.5. The maximum Gasteiger partial charge on any atom is 0.124 e. The molecule has 2 rings (SSSR count). The summed E-state index contributed by atoms with van der Waals surface area (Å²) in [6.45, 7) is 4.44. The zero-order valence-electron chi connectivity index (χ0n) is 11.8. The molecular weight excluding hydrogens is 261 g/mol. The van der Waals surface area contributed by atoms with Crippen molar-refractivity contribution in [2.45, 2.75) is 57.9 Å². The molecular formula is C16H23ClFN. The Bertz CT molecular complexity index is 444. The first-order chi connectivity index (χ1) is 8.95. The summed E-state index contributed by atoms with van der Waals surface area (Å²) in [5.74, 6) is -0.301. The van der Waals surface area contributed by atoms with Gasteiger partial charge in [-0.3, -0.25) is 0 Å². The van der Waals surface area contributed by atoms with Crippen LogP contribution in [0.2, 0.25) is 5.02 Å². The average Bonchev–Trinajstić information content (AvgIpc) is 2.27. The van der Waals surface area contributed by atoms with Gasteiger partial charge in [0.25, 0.3) is 0 Å². The van der Waals surface area contributed by atoms with Crippen molar-refractivity contribution in [3.05, 3.63) is 34.6 Å². The molecule has 0 spiro atoms. The van der Waals surface area contributed by atoms with Crippen LogP contribution in [0.1, 0.15) is 57.9 Å². The standard InChI is InChI=1S/C16H23ClFN/c1-3-7-15(8-4-2)10-16(19,11-15)13-6-5-12(18)9-14(13)17/h5-6,9H,3-4,7-8,10-11,19H2,1-2H3. The summed E-state index contributed by atoms with van der Waals surface area (Å²) in [4.78, 5) is 0. The Labute approximate surface area is 120 Å². The Balaban J connectivity index is 2.18. The minimum atomic E-state index is -0.366. The number of benzene rings is 1. The van der Waals surface area contributed by atoms with Gasteiger partial charge in [-0.15, -0.1) is 0 Å². The van der Waals surface area contributed by atoms with E-state index in [9.17, 15) is 4.39 Å². The average molecular weight is 284 g/mol. The molecule has 1 fully saturated rings. The quantitative estimate of drug-likeness (QED) is 0.807. The Morgan fingerprint density at radius 3 is 2.26 bits per heavy atom. The monoisotopic (exact) mass is 283 g/mol. The lowest BCUT2D eigenvalue weighted by Crippen LogP contribution is -2.55. The van der Waals surface area contributed by atoms with Crippen molar-refractivity contribution in [1.82, 2.24) is 0 Å². The fraction of sp³-hybridized carbons (Fsp3) is 0.625. The molecule has 0 amide bonds. The van der Waals surface area contributed by atoms with Crippen LogP contribution < -0.4 is 5.73 Å². The van der Waals surface area contributed by atoms with Crippen LogP contribution in [0.4, 0.5) is 4.39 Å². The molecule has 1 aliphatic rings. The summed E-state index contributed by atoms with van der Waals surface area (Å²) in [5, 5.41) is 0.462. The third-order valence-electron chi connectivity index (χ3n) is 4.41. The zero-order valence-corrected chi connectivity index (χ0v) is 12.6. The third-order valence-corrected chi connectivity index (χ3v) is 4.72. The highest BCUT2D eigenvalue weighted by molar-refractivity contribution is 6.31. The van der Waals surface area contributed by atoms with Gasteiger partial charge in [-0.1, -0.05) is 44.4 Å². The molecule has 1 saturated carbocycles. The van der Waals surface area contributed by atoms with Crippen molar-refractivity contribution in [2.24, 2.45) is 11.1 Å². The summed E-state index contributed by atoms with van der Waals surface area (Å²) in [5.41, 5.74) is 7.41. The third kappa shape index (κ3) is 2.80. The topological polar surface area (TPSA) is 26.0 Å². The molecule has 0 aliphatic heterocycles. The van der Waals surface area contributed by atoms with Gasteiger partial charge in [0.05, 0.1) is 0 Å². The zero-order chi connectivity index (χ0) is 14.1. The number of hydrogen-bond acceptors (Lipinski definition) is 1. The number of hydrogen-bond donors (Lipinski definition) is 1. The summed E-state index contributed by atoms with van der Waals surface area (Å²) >= 11 is 6.15. The van der Waals surface area contributed by atoms with Gasteiger partial charge in [0.2, 0.25) is 0 Å². The Morgan fingerprint density at radius 2 is 1.79 bits per heavy atom. The molecule has 0 unspecified atom stereocenters. The summed E-state index contributed by atoms with van der Waals surface area (Å²) < 4.78 is 13.1. The first-order valence-electron chi connectivity index (χ1n) is 7.19. The van der Waals surface area contributed by atoms with E-state index < -0.39 is 0 Å². The molecule has 106 valence electrons. The SMILES string of the molecule is CCCC1(CCC)CC(N)(c2ccc(F)cc2Cl)C1. The largest absolute Gasteiger partial charge is 0.321 e. The van der Waals surface area contributed by atoms with E-state index in [4.69, 9.17) is 17.3 Å².